The standard InChI is InChI=1S/C25H35FN4/c1-5-7-22-17-27-25(28-18-22)30-14-12-29(13-15-30)20(4)8-6-9-21-10-11-23(19(2)3)24(26)16-21/h10-11,16-18,20H,2,5-9,12-15H2,1,3-4H3. The van der Waals surface area contributed by atoms with Gasteiger partial charge in [-0.2, -0.15) is 0 Å². The number of aromatic nitrogens is 2. The second-order valence-corrected chi connectivity index (χ2v) is 8.50. The number of hydrogen-bond donors (Lipinski definition) is 0. The first-order valence-electron chi connectivity index (χ1n) is 11.2. The predicted molar refractivity (Wildman–Crippen MR) is 123 cm³/mol. The van der Waals surface area contributed by atoms with E-state index in [9.17, 15) is 4.39 Å². The number of piperazine rings is 1. The highest BCUT2D eigenvalue weighted by Gasteiger charge is 2.22. The van der Waals surface area contributed by atoms with Crippen molar-refractivity contribution in [2.45, 2.75) is 58.9 Å². The minimum absolute atomic E-state index is 0.158. The minimum atomic E-state index is -0.158. The Morgan fingerprint density at radius 1 is 1.10 bits per heavy atom. The maximum Gasteiger partial charge on any atom is 0.225 e. The van der Waals surface area contributed by atoms with Crippen LogP contribution in [-0.4, -0.2) is 47.1 Å². The maximum absolute atomic E-state index is 14.1. The Balaban J connectivity index is 1.42. The number of benzene rings is 1. The van der Waals surface area contributed by atoms with Crippen molar-refractivity contribution >= 4 is 11.5 Å². The molecule has 5 heteroatoms. The Kier molecular flexibility index (Phi) is 7.97. The molecule has 2 aromatic rings. The zero-order valence-corrected chi connectivity index (χ0v) is 18.7. The third-order valence-electron chi connectivity index (χ3n) is 6.03. The second-order valence-electron chi connectivity index (χ2n) is 8.50. The van der Waals surface area contributed by atoms with E-state index < -0.39 is 0 Å². The SMILES string of the molecule is C=C(C)c1ccc(CCCC(C)N2CCN(c3ncc(CCC)cn3)CC2)cc1F. The Hall–Kier alpha value is -2.27. The van der Waals surface area contributed by atoms with Gasteiger partial charge in [0.15, 0.2) is 0 Å². The van der Waals surface area contributed by atoms with Crippen LogP contribution in [0.3, 0.4) is 0 Å². The fraction of sp³-hybridized carbons (Fsp3) is 0.520. The van der Waals surface area contributed by atoms with E-state index in [2.05, 4.69) is 40.2 Å². The maximum atomic E-state index is 14.1. The van der Waals surface area contributed by atoms with Gasteiger partial charge in [-0.25, -0.2) is 14.4 Å². The van der Waals surface area contributed by atoms with E-state index in [0.717, 1.165) is 75.4 Å². The van der Waals surface area contributed by atoms with Crippen LogP contribution in [0.25, 0.3) is 5.57 Å². The van der Waals surface area contributed by atoms with E-state index >= 15 is 0 Å². The van der Waals surface area contributed by atoms with Crippen molar-refractivity contribution < 1.29 is 4.39 Å². The third-order valence-corrected chi connectivity index (χ3v) is 6.03. The van der Waals surface area contributed by atoms with Gasteiger partial charge in [0.05, 0.1) is 0 Å². The largest absolute Gasteiger partial charge is 0.338 e. The molecule has 0 spiro atoms. The lowest BCUT2D eigenvalue weighted by atomic mass is 10.0. The fourth-order valence-electron chi connectivity index (χ4n) is 4.14. The number of allylic oxidation sites excluding steroid dienone is 1. The summed E-state index contributed by atoms with van der Waals surface area (Å²) in [5.74, 6) is 0.691. The van der Waals surface area contributed by atoms with Crippen LogP contribution in [0.4, 0.5) is 10.3 Å². The van der Waals surface area contributed by atoms with Gasteiger partial charge in [0, 0.05) is 50.2 Å². The molecular weight excluding hydrogens is 375 g/mol. The van der Waals surface area contributed by atoms with E-state index in [1.807, 2.05) is 31.5 Å². The van der Waals surface area contributed by atoms with E-state index in [1.165, 1.54) is 5.56 Å². The number of halogens is 1. The topological polar surface area (TPSA) is 32.3 Å². The highest BCUT2D eigenvalue weighted by atomic mass is 19.1. The lowest BCUT2D eigenvalue weighted by molar-refractivity contribution is 0.186. The molecule has 0 saturated carbocycles. The minimum Gasteiger partial charge on any atom is -0.338 e. The van der Waals surface area contributed by atoms with Gasteiger partial charge in [0.25, 0.3) is 0 Å². The number of nitrogens with zero attached hydrogens (tertiary/aromatic N) is 4. The van der Waals surface area contributed by atoms with Gasteiger partial charge < -0.3 is 4.90 Å². The lowest BCUT2D eigenvalue weighted by Gasteiger charge is -2.38. The van der Waals surface area contributed by atoms with Gasteiger partial charge in [-0.15, -0.1) is 0 Å². The normalized spacial score (nSPS) is 15.9. The molecular formula is C25H35FN4. The predicted octanol–water partition coefficient (Wildman–Crippen LogP) is 5.13. The summed E-state index contributed by atoms with van der Waals surface area (Å²) in [5.41, 5.74) is 3.67. The fourth-order valence-corrected chi connectivity index (χ4v) is 4.14. The summed E-state index contributed by atoms with van der Waals surface area (Å²) in [6, 6.07) is 6.08. The van der Waals surface area contributed by atoms with Crippen LogP contribution in [0.5, 0.6) is 0 Å². The number of aryl methyl sites for hydroxylation is 2. The average molecular weight is 411 g/mol. The summed E-state index contributed by atoms with van der Waals surface area (Å²) in [4.78, 5) is 13.9. The second kappa shape index (κ2) is 10.7. The first kappa shape index (κ1) is 22.4. The Morgan fingerprint density at radius 3 is 2.40 bits per heavy atom. The Labute approximate surface area is 180 Å². The van der Waals surface area contributed by atoms with Crippen molar-refractivity contribution in [3.8, 4) is 0 Å². The Morgan fingerprint density at radius 2 is 1.80 bits per heavy atom. The molecule has 1 atom stereocenters. The molecule has 0 N–H and O–H groups in total. The van der Waals surface area contributed by atoms with Crippen LogP contribution in [0, 0.1) is 5.82 Å². The van der Waals surface area contributed by atoms with Gasteiger partial charge in [0.2, 0.25) is 5.95 Å². The van der Waals surface area contributed by atoms with E-state index in [4.69, 9.17) is 0 Å². The van der Waals surface area contributed by atoms with Crippen molar-refractivity contribution in [1.82, 2.24) is 14.9 Å². The third kappa shape index (κ3) is 5.88. The summed E-state index contributed by atoms with van der Waals surface area (Å²) in [6.07, 6.45) is 9.18. The molecule has 2 heterocycles. The van der Waals surface area contributed by atoms with Crippen molar-refractivity contribution in [2.24, 2.45) is 0 Å². The molecule has 1 fully saturated rings. The molecule has 1 aromatic heterocycles. The van der Waals surface area contributed by atoms with Crippen LogP contribution < -0.4 is 4.90 Å². The molecule has 4 nitrogen and oxygen atoms in total. The molecule has 0 amide bonds. The van der Waals surface area contributed by atoms with Crippen molar-refractivity contribution in [2.75, 3.05) is 31.1 Å². The molecule has 0 bridgehead atoms. The number of rotatable bonds is 9. The smallest absolute Gasteiger partial charge is 0.225 e. The summed E-state index contributed by atoms with van der Waals surface area (Å²) in [6.45, 7) is 14.1. The van der Waals surface area contributed by atoms with E-state index in [0.29, 0.717) is 11.6 Å². The lowest BCUT2D eigenvalue weighted by Crippen LogP contribution is -2.50. The molecule has 1 unspecified atom stereocenters. The first-order chi connectivity index (χ1) is 14.5. The average Bonchev–Trinajstić information content (AvgIpc) is 2.74. The molecule has 162 valence electrons. The summed E-state index contributed by atoms with van der Waals surface area (Å²) >= 11 is 0. The van der Waals surface area contributed by atoms with Crippen LogP contribution >= 0.6 is 0 Å². The number of hydrogen-bond acceptors (Lipinski definition) is 4. The summed E-state index contributed by atoms with van der Waals surface area (Å²) in [7, 11) is 0. The van der Waals surface area contributed by atoms with Gasteiger partial charge in [-0.05, 0) is 62.3 Å². The molecule has 1 aliphatic rings. The molecule has 1 aromatic carbocycles. The zero-order valence-electron chi connectivity index (χ0n) is 18.7. The van der Waals surface area contributed by atoms with E-state index in [1.54, 1.807) is 6.07 Å². The van der Waals surface area contributed by atoms with Crippen molar-refractivity contribution in [1.29, 1.82) is 0 Å². The molecule has 30 heavy (non-hydrogen) atoms. The van der Waals surface area contributed by atoms with Crippen LogP contribution in [0.2, 0.25) is 0 Å². The molecule has 1 aliphatic heterocycles. The highest BCUT2D eigenvalue weighted by molar-refractivity contribution is 5.62. The quantitative estimate of drug-likeness (QED) is 0.573. The van der Waals surface area contributed by atoms with E-state index in [-0.39, 0.29) is 5.82 Å². The first-order valence-corrected chi connectivity index (χ1v) is 11.2. The van der Waals surface area contributed by atoms with Crippen molar-refractivity contribution in [3.05, 3.63) is 59.7 Å². The van der Waals surface area contributed by atoms with Gasteiger partial charge in [-0.3, -0.25) is 4.90 Å². The number of anilines is 1. The summed E-state index contributed by atoms with van der Waals surface area (Å²) < 4.78 is 14.1. The van der Waals surface area contributed by atoms with Crippen LogP contribution in [0.1, 0.15) is 56.7 Å². The highest BCUT2D eigenvalue weighted by Crippen LogP contribution is 2.20. The summed E-state index contributed by atoms with van der Waals surface area (Å²) in [5, 5.41) is 0. The molecule has 1 saturated heterocycles. The van der Waals surface area contributed by atoms with Crippen LogP contribution in [-0.2, 0) is 12.8 Å². The molecule has 3 rings (SSSR count). The molecule has 0 radical (unpaired) electrons. The van der Waals surface area contributed by atoms with Gasteiger partial charge >= 0.3 is 0 Å². The van der Waals surface area contributed by atoms with Crippen LogP contribution in [0.15, 0.2) is 37.2 Å². The molecule has 0 aliphatic carbocycles. The monoisotopic (exact) mass is 410 g/mol. The van der Waals surface area contributed by atoms with Gasteiger partial charge in [-0.1, -0.05) is 32.1 Å². The van der Waals surface area contributed by atoms with Gasteiger partial charge in [0.1, 0.15) is 5.82 Å². The zero-order chi connectivity index (χ0) is 21.5. The van der Waals surface area contributed by atoms with Crippen molar-refractivity contribution in [3.63, 3.8) is 0 Å². The Bertz CT molecular complexity index is 826.